The molecule has 0 spiro atoms. The summed E-state index contributed by atoms with van der Waals surface area (Å²) in [5.41, 5.74) is 2.91. The molecule has 0 amide bonds. The van der Waals surface area contributed by atoms with Crippen molar-refractivity contribution in [3.05, 3.63) is 41.5 Å². The quantitative estimate of drug-likeness (QED) is 0.767. The van der Waals surface area contributed by atoms with Crippen LogP contribution in [0.25, 0.3) is 0 Å². The molecule has 0 saturated carbocycles. The molecule has 1 aromatic rings. The molecule has 0 radical (unpaired) electrons. The van der Waals surface area contributed by atoms with E-state index in [1.807, 2.05) is 32.0 Å². The van der Waals surface area contributed by atoms with Crippen molar-refractivity contribution in [3.63, 3.8) is 0 Å². The molecule has 15 heavy (non-hydrogen) atoms. The van der Waals surface area contributed by atoms with Crippen molar-refractivity contribution in [2.75, 3.05) is 6.61 Å². The third-order valence-corrected chi connectivity index (χ3v) is 2.09. The smallest absolute Gasteiger partial charge is 0.125 e. The number of benzene rings is 1. The van der Waals surface area contributed by atoms with E-state index >= 15 is 0 Å². The lowest BCUT2D eigenvalue weighted by molar-refractivity contribution is 0.192. The molecule has 1 rings (SSSR count). The highest BCUT2D eigenvalue weighted by Crippen LogP contribution is 2.26. The molecule has 0 aliphatic carbocycles. The lowest BCUT2D eigenvalue weighted by Gasteiger charge is -2.14. The SMILES string of the molecule is C=C(C)COc1cc(C)ccc1C(C)O. The topological polar surface area (TPSA) is 29.5 Å². The fraction of sp³-hybridized carbons (Fsp3) is 0.385. The first kappa shape index (κ1) is 11.8. The number of aliphatic hydroxyl groups excluding tert-OH is 1. The van der Waals surface area contributed by atoms with E-state index in [2.05, 4.69) is 6.58 Å². The summed E-state index contributed by atoms with van der Waals surface area (Å²) in [6.45, 7) is 9.92. The standard InChI is InChI=1S/C13H18O2/c1-9(2)8-15-13-7-10(3)5-6-12(13)11(4)14/h5-7,11,14H,1,8H2,2-4H3. The van der Waals surface area contributed by atoms with Gasteiger partial charge >= 0.3 is 0 Å². The van der Waals surface area contributed by atoms with Gasteiger partial charge in [0.15, 0.2) is 0 Å². The Balaban J connectivity index is 2.91. The molecule has 2 nitrogen and oxygen atoms in total. The third-order valence-electron chi connectivity index (χ3n) is 2.09. The summed E-state index contributed by atoms with van der Waals surface area (Å²) in [5.74, 6) is 0.744. The van der Waals surface area contributed by atoms with Gasteiger partial charge in [0.1, 0.15) is 12.4 Å². The van der Waals surface area contributed by atoms with Crippen LogP contribution in [0.3, 0.4) is 0 Å². The summed E-state index contributed by atoms with van der Waals surface area (Å²) in [6, 6.07) is 5.80. The molecular formula is C13H18O2. The first-order valence-corrected chi connectivity index (χ1v) is 5.06. The zero-order valence-electron chi connectivity index (χ0n) is 9.58. The monoisotopic (exact) mass is 206 g/mol. The van der Waals surface area contributed by atoms with Crippen LogP contribution in [0.2, 0.25) is 0 Å². The Bertz CT molecular complexity index is 354. The summed E-state index contributed by atoms with van der Waals surface area (Å²) in [4.78, 5) is 0. The summed E-state index contributed by atoms with van der Waals surface area (Å²) < 4.78 is 5.58. The van der Waals surface area contributed by atoms with Crippen LogP contribution < -0.4 is 4.74 Å². The number of ether oxygens (including phenoxy) is 1. The molecule has 0 aliphatic rings. The van der Waals surface area contributed by atoms with Crippen LogP contribution in [0.4, 0.5) is 0 Å². The maximum absolute atomic E-state index is 9.56. The van der Waals surface area contributed by atoms with E-state index in [1.54, 1.807) is 6.92 Å². The number of aryl methyl sites for hydroxylation is 1. The number of rotatable bonds is 4. The maximum atomic E-state index is 9.56. The Labute approximate surface area is 91.2 Å². The zero-order valence-corrected chi connectivity index (χ0v) is 9.58. The minimum absolute atomic E-state index is 0.489. The maximum Gasteiger partial charge on any atom is 0.125 e. The lowest BCUT2D eigenvalue weighted by Crippen LogP contribution is -2.03. The molecule has 1 unspecified atom stereocenters. The van der Waals surface area contributed by atoms with Gasteiger partial charge < -0.3 is 9.84 Å². The second-order valence-corrected chi connectivity index (χ2v) is 3.96. The Kier molecular flexibility index (Phi) is 3.92. The lowest BCUT2D eigenvalue weighted by atomic mass is 10.1. The molecule has 1 aromatic carbocycles. The second kappa shape index (κ2) is 4.99. The van der Waals surface area contributed by atoms with Crippen molar-refractivity contribution in [2.24, 2.45) is 0 Å². The van der Waals surface area contributed by atoms with Gasteiger partial charge in [-0.05, 0) is 38.0 Å². The Morgan fingerprint density at radius 1 is 1.53 bits per heavy atom. The Morgan fingerprint density at radius 2 is 2.20 bits per heavy atom. The van der Waals surface area contributed by atoms with Gasteiger partial charge in [0.2, 0.25) is 0 Å². The van der Waals surface area contributed by atoms with Gasteiger partial charge in [-0.15, -0.1) is 0 Å². The largest absolute Gasteiger partial charge is 0.489 e. The summed E-state index contributed by atoms with van der Waals surface area (Å²) in [5, 5.41) is 9.56. The van der Waals surface area contributed by atoms with Gasteiger partial charge in [0, 0.05) is 5.56 Å². The first-order valence-electron chi connectivity index (χ1n) is 5.06. The summed E-state index contributed by atoms with van der Waals surface area (Å²) in [7, 11) is 0. The molecule has 0 aromatic heterocycles. The van der Waals surface area contributed by atoms with Gasteiger partial charge in [-0.1, -0.05) is 18.7 Å². The number of aliphatic hydroxyl groups is 1. The fourth-order valence-corrected chi connectivity index (χ4v) is 1.31. The Morgan fingerprint density at radius 3 is 2.73 bits per heavy atom. The molecule has 0 bridgehead atoms. The van der Waals surface area contributed by atoms with Crippen LogP contribution in [0.1, 0.15) is 31.1 Å². The van der Waals surface area contributed by atoms with Crippen LogP contribution in [0, 0.1) is 6.92 Å². The van der Waals surface area contributed by atoms with E-state index < -0.39 is 6.10 Å². The van der Waals surface area contributed by atoms with Gasteiger partial charge in [0.25, 0.3) is 0 Å². The van der Waals surface area contributed by atoms with Gasteiger partial charge in [-0.25, -0.2) is 0 Å². The van der Waals surface area contributed by atoms with Gasteiger partial charge in [-0.2, -0.15) is 0 Å². The number of hydrogen-bond acceptors (Lipinski definition) is 2. The molecule has 0 saturated heterocycles. The van der Waals surface area contributed by atoms with E-state index in [-0.39, 0.29) is 0 Å². The number of hydrogen-bond donors (Lipinski definition) is 1. The molecule has 1 N–H and O–H groups in total. The van der Waals surface area contributed by atoms with Crippen molar-refractivity contribution in [1.82, 2.24) is 0 Å². The molecule has 2 heteroatoms. The molecule has 82 valence electrons. The molecule has 1 atom stereocenters. The van der Waals surface area contributed by atoms with Crippen molar-refractivity contribution < 1.29 is 9.84 Å². The minimum Gasteiger partial charge on any atom is -0.489 e. The zero-order chi connectivity index (χ0) is 11.4. The van der Waals surface area contributed by atoms with Crippen molar-refractivity contribution in [2.45, 2.75) is 26.9 Å². The van der Waals surface area contributed by atoms with E-state index in [1.165, 1.54) is 0 Å². The van der Waals surface area contributed by atoms with Crippen molar-refractivity contribution in [3.8, 4) is 5.75 Å². The van der Waals surface area contributed by atoms with E-state index in [4.69, 9.17) is 4.74 Å². The van der Waals surface area contributed by atoms with Crippen molar-refractivity contribution in [1.29, 1.82) is 0 Å². The normalized spacial score (nSPS) is 12.3. The van der Waals surface area contributed by atoms with E-state index in [0.29, 0.717) is 6.61 Å². The Hall–Kier alpha value is -1.28. The van der Waals surface area contributed by atoms with Gasteiger partial charge in [-0.3, -0.25) is 0 Å². The van der Waals surface area contributed by atoms with Crippen LogP contribution >= 0.6 is 0 Å². The highest BCUT2D eigenvalue weighted by atomic mass is 16.5. The molecule has 0 fully saturated rings. The highest BCUT2D eigenvalue weighted by Gasteiger charge is 2.08. The predicted molar refractivity (Wildman–Crippen MR) is 62.1 cm³/mol. The highest BCUT2D eigenvalue weighted by molar-refractivity contribution is 5.38. The fourth-order valence-electron chi connectivity index (χ4n) is 1.31. The predicted octanol–water partition coefficient (Wildman–Crippen LogP) is 3.00. The summed E-state index contributed by atoms with van der Waals surface area (Å²) in [6.07, 6.45) is -0.509. The summed E-state index contributed by atoms with van der Waals surface area (Å²) >= 11 is 0. The van der Waals surface area contributed by atoms with Crippen LogP contribution in [-0.2, 0) is 0 Å². The average Bonchev–Trinajstić information content (AvgIpc) is 2.14. The van der Waals surface area contributed by atoms with Crippen LogP contribution in [-0.4, -0.2) is 11.7 Å². The third kappa shape index (κ3) is 3.40. The van der Waals surface area contributed by atoms with Crippen LogP contribution in [0.5, 0.6) is 5.75 Å². The second-order valence-electron chi connectivity index (χ2n) is 3.96. The van der Waals surface area contributed by atoms with Crippen LogP contribution in [0.15, 0.2) is 30.4 Å². The van der Waals surface area contributed by atoms with E-state index in [9.17, 15) is 5.11 Å². The van der Waals surface area contributed by atoms with Crippen molar-refractivity contribution >= 4 is 0 Å². The average molecular weight is 206 g/mol. The molecule has 0 aliphatic heterocycles. The minimum atomic E-state index is -0.509. The van der Waals surface area contributed by atoms with E-state index in [0.717, 1.165) is 22.4 Å². The molecular weight excluding hydrogens is 188 g/mol. The van der Waals surface area contributed by atoms with Gasteiger partial charge in [0.05, 0.1) is 6.10 Å². The molecule has 0 heterocycles. The first-order chi connectivity index (χ1) is 7.00.